The van der Waals surface area contributed by atoms with Crippen LogP contribution in [-0.2, 0) is 0 Å². The van der Waals surface area contributed by atoms with Crippen LogP contribution < -0.4 is 5.32 Å². The first-order chi connectivity index (χ1) is 10.7. The van der Waals surface area contributed by atoms with Gasteiger partial charge in [0.05, 0.1) is 23.0 Å². The van der Waals surface area contributed by atoms with Crippen molar-refractivity contribution < 1.29 is 10.0 Å². The number of aliphatic hydroxyl groups excluding tert-OH is 1. The zero-order chi connectivity index (χ0) is 15.8. The van der Waals surface area contributed by atoms with Gasteiger partial charge in [-0.15, -0.1) is 0 Å². The summed E-state index contributed by atoms with van der Waals surface area (Å²) in [6, 6.07) is 4.86. The summed E-state index contributed by atoms with van der Waals surface area (Å²) < 4.78 is 0. The smallest absolute Gasteiger partial charge is 0.294 e. The first kappa shape index (κ1) is 15.9. The van der Waals surface area contributed by atoms with Crippen LogP contribution in [0.15, 0.2) is 30.6 Å². The van der Waals surface area contributed by atoms with Gasteiger partial charge in [-0.05, 0) is 25.0 Å². The molecule has 1 aromatic carbocycles. The lowest BCUT2D eigenvalue weighted by atomic mass is 10.2. The fourth-order valence-corrected chi connectivity index (χ4v) is 2.11. The second-order valence-electron chi connectivity index (χ2n) is 4.84. The number of nitro benzene ring substituents is 1. The minimum absolute atomic E-state index is 0.00478. The Bertz CT molecular complexity index is 601. The molecule has 0 aliphatic rings. The Morgan fingerprint density at radius 3 is 2.59 bits per heavy atom. The van der Waals surface area contributed by atoms with Gasteiger partial charge in [-0.2, -0.15) is 15.0 Å². The van der Waals surface area contributed by atoms with E-state index in [0.717, 1.165) is 25.7 Å². The molecule has 8 nitrogen and oxygen atoms in total. The van der Waals surface area contributed by atoms with Crippen molar-refractivity contribution in [3.05, 3.63) is 40.7 Å². The molecule has 8 heteroatoms. The van der Waals surface area contributed by atoms with Crippen molar-refractivity contribution >= 4 is 11.4 Å². The van der Waals surface area contributed by atoms with Gasteiger partial charge in [0.25, 0.3) is 5.69 Å². The van der Waals surface area contributed by atoms with Gasteiger partial charge >= 0.3 is 0 Å². The van der Waals surface area contributed by atoms with Crippen LogP contribution in [0, 0.1) is 10.1 Å². The topological polar surface area (TPSA) is 106 Å². The predicted octanol–water partition coefficient (Wildman–Crippen LogP) is 2.14. The van der Waals surface area contributed by atoms with Crippen molar-refractivity contribution in [2.75, 3.05) is 18.5 Å². The average Bonchev–Trinajstić information content (AvgIpc) is 3.05. The lowest BCUT2D eigenvalue weighted by Gasteiger charge is -2.08. The minimum Gasteiger partial charge on any atom is -0.396 e. The van der Waals surface area contributed by atoms with Crippen molar-refractivity contribution in [1.82, 2.24) is 15.0 Å². The van der Waals surface area contributed by atoms with Crippen molar-refractivity contribution in [1.29, 1.82) is 0 Å². The lowest BCUT2D eigenvalue weighted by molar-refractivity contribution is -0.383. The Kier molecular flexibility index (Phi) is 5.84. The number of anilines is 1. The predicted molar refractivity (Wildman–Crippen MR) is 82.1 cm³/mol. The van der Waals surface area contributed by atoms with Crippen molar-refractivity contribution in [2.45, 2.75) is 25.7 Å². The molecule has 2 aromatic rings. The number of nitrogens with zero attached hydrogens (tertiary/aromatic N) is 4. The molecule has 0 radical (unpaired) electrons. The summed E-state index contributed by atoms with van der Waals surface area (Å²) in [5.74, 6) is 0. The fraction of sp³-hybridized carbons (Fsp3) is 0.429. The van der Waals surface area contributed by atoms with Crippen LogP contribution in [0.1, 0.15) is 25.7 Å². The van der Waals surface area contributed by atoms with E-state index in [1.807, 2.05) is 0 Å². The summed E-state index contributed by atoms with van der Waals surface area (Å²) in [6.45, 7) is 0.869. The molecule has 0 saturated carbocycles. The van der Waals surface area contributed by atoms with E-state index in [0.29, 0.717) is 17.9 Å². The quantitative estimate of drug-likeness (QED) is 0.417. The molecule has 0 spiro atoms. The number of hydrogen-bond acceptors (Lipinski definition) is 6. The monoisotopic (exact) mass is 305 g/mol. The maximum absolute atomic E-state index is 11.2. The molecule has 0 bridgehead atoms. The molecule has 0 atom stereocenters. The van der Waals surface area contributed by atoms with Crippen LogP contribution in [0.2, 0.25) is 0 Å². The maximum Gasteiger partial charge on any atom is 0.294 e. The summed E-state index contributed by atoms with van der Waals surface area (Å²) >= 11 is 0. The van der Waals surface area contributed by atoms with Gasteiger partial charge in [-0.1, -0.05) is 12.8 Å². The molecule has 118 valence electrons. The lowest BCUT2D eigenvalue weighted by Crippen LogP contribution is -2.06. The second-order valence-corrected chi connectivity index (χ2v) is 4.84. The summed E-state index contributed by atoms with van der Waals surface area (Å²) in [6.07, 6.45) is 6.68. The molecule has 2 rings (SSSR count). The summed E-state index contributed by atoms with van der Waals surface area (Å²) in [7, 11) is 0. The molecule has 2 N–H and O–H groups in total. The van der Waals surface area contributed by atoms with Crippen molar-refractivity contribution in [3.8, 4) is 5.69 Å². The maximum atomic E-state index is 11.2. The number of nitro groups is 1. The third-order valence-corrected chi connectivity index (χ3v) is 3.23. The van der Waals surface area contributed by atoms with Gasteiger partial charge in [-0.3, -0.25) is 10.1 Å². The van der Waals surface area contributed by atoms with E-state index in [-0.39, 0.29) is 12.3 Å². The Balaban J connectivity index is 2.00. The summed E-state index contributed by atoms with van der Waals surface area (Å²) in [5.41, 5.74) is 1.04. The molecule has 0 fully saturated rings. The third-order valence-electron chi connectivity index (χ3n) is 3.23. The molecule has 0 amide bonds. The Labute approximate surface area is 127 Å². The number of benzene rings is 1. The van der Waals surface area contributed by atoms with Crippen LogP contribution in [0.4, 0.5) is 11.4 Å². The highest BCUT2D eigenvalue weighted by Gasteiger charge is 2.15. The molecule has 0 aliphatic carbocycles. The number of rotatable bonds is 9. The van der Waals surface area contributed by atoms with Crippen LogP contribution >= 0.6 is 0 Å². The van der Waals surface area contributed by atoms with Gasteiger partial charge < -0.3 is 10.4 Å². The van der Waals surface area contributed by atoms with Crippen LogP contribution in [0.3, 0.4) is 0 Å². The zero-order valence-electron chi connectivity index (χ0n) is 12.2. The van der Waals surface area contributed by atoms with Gasteiger partial charge in [0.15, 0.2) is 0 Å². The van der Waals surface area contributed by atoms with E-state index in [1.54, 1.807) is 12.1 Å². The highest BCUT2D eigenvalue weighted by atomic mass is 16.6. The van der Waals surface area contributed by atoms with E-state index in [9.17, 15) is 10.1 Å². The Morgan fingerprint density at radius 1 is 1.18 bits per heavy atom. The summed E-state index contributed by atoms with van der Waals surface area (Å²) in [5, 5.41) is 30.9. The average molecular weight is 305 g/mol. The molecule has 0 aliphatic heterocycles. The van der Waals surface area contributed by atoms with E-state index < -0.39 is 4.92 Å². The number of unbranched alkanes of at least 4 members (excludes halogenated alkanes) is 3. The number of nitrogens with one attached hydrogen (secondary N) is 1. The second kappa shape index (κ2) is 8.08. The highest BCUT2D eigenvalue weighted by molar-refractivity contribution is 5.64. The zero-order valence-corrected chi connectivity index (χ0v) is 12.2. The molecule has 22 heavy (non-hydrogen) atoms. The van der Waals surface area contributed by atoms with Gasteiger partial charge in [-0.25, -0.2) is 0 Å². The Hall–Kier alpha value is -2.48. The first-order valence-electron chi connectivity index (χ1n) is 7.22. The van der Waals surface area contributed by atoms with Crippen molar-refractivity contribution in [2.24, 2.45) is 0 Å². The number of aromatic nitrogens is 3. The number of hydrogen-bond donors (Lipinski definition) is 2. The number of aliphatic hydroxyl groups is 1. The minimum atomic E-state index is -0.416. The standard InChI is InChI=1S/C14H19N5O3/c20-10-4-2-1-3-7-15-13-6-5-12(11-14(13)19(21)22)18-16-8-9-17-18/h5-6,8-9,11,15,20H,1-4,7,10H2. The van der Waals surface area contributed by atoms with Gasteiger partial charge in [0, 0.05) is 19.2 Å². The molecular weight excluding hydrogens is 286 g/mol. The molecule has 1 heterocycles. The largest absolute Gasteiger partial charge is 0.396 e. The van der Waals surface area contributed by atoms with Crippen LogP contribution in [-0.4, -0.2) is 38.2 Å². The van der Waals surface area contributed by atoms with Gasteiger partial charge in [0.1, 0.15) is 5.69 Å². The van der Waals surface area contributed by atoms with E-state index >= 15 is 0 Å². The molecule has 1 aromatic heterocycles. The fourth-order valence-electron chi connectivity index (χ4n) is 2.11. The summed E-state index contributed by atoms with van der Waals surface area (Å²) in [4.78, 5) is 12.1. The van der Waals surface area contributed by atoms with Gasteiger partial charge in [0.2, 0.25) is 0 Å². The van der Waals surface area contributed by atoms with Crippen molar-refractivity contribution in [3.63, 3.8) is 0 Å². The Morgan fingerprint density at radius 2 is 1.91 bits per heavy atom. The SMILES string of the molecule is O=[N+]([O-])c1cc(-n2nccn2)ccc1NCCCCCCO. The molecule has 0 unspecified atom stereocenters. The van der Waals surface area contributed by atoms with E-state index in [4.69, 9.17) is 5.11 Å². The molecular formula is C14H19N5O3. The first-order valence-corrected chi connectivity index (χ1v) is 7.22. The highest BCUT2D eigenvalue weighted by Crippen LogP contribution is 2.26. The van der Waals surface area contributed by atoms with Crippen LogP contribution in [0.5, 0.6) is 0 Å². The third kappa shape index (κ3) is 4.26. The van der Waals surface area contributed by atoms with E-state index in [2.05, 4.69) is 15.5 Å². The van der Waals surface area contributed by atoms with E-state index in [1.165, 1.54) is 23.3 Å². The molecule has 0 saturated heterocycles. The van der Waals surface area contributed by atoms with Crippen LogP contribution in [0.25, 0.3) is 5.69 Å². The normalized spacial score (nSPS) is 10.6.